The van der Waals surface area contributed by atoms with Gasteiger partial charge in [-0.15, -0.1) is 0 Å². The molecule has 2 N–H and O–H groups in total. The first-order chi connectivity index (χ1) is 11.6. The molecule has 0 atom stereocenters. The average Bonchev–Trinajstić information content (AvgIpc) is 2.57. The highest BCUT2D eigenvalue weighted by Gasteiger charge is 2.03. The Labute approximate surface area is 144 Å². The molecule has 0 aliphatic rings. The van der Waals surface area contributed by atoms with Gasteiger partial charge in [-0.05, 0) is 55.0 Å². The zero-order chi connectivity index (χ0) is 17.4. The van der Waals surface area contributed by atoms with E-state index in [9.17, 15) is 9.90 Å². The summed E-state index contributed by atoms with van der Waals surface area (Å²) in [7, 11) is 0. The van der Waals surface area contributed by atoms with Crippen LogP contribution in [-0.2, 0) is 4.79 Å². The van der Waals surface area contributed by atoms with Gasteiger partial charge in [-0.2, -0.15) is 5.10 Å². The summed E-state index contributed by atoms with van der Waals surface area (Å²) in [5, 5.41) is 14.0. The maximum Gasteiger partial charge on any atom is 0.277 e. The molecule has 7 heteroatoms. The summed E-state index contributed by atoms with van der Waals surface area (Å²) in [5.41, 5.74) is 3.03. The highest BCUT2D eigenvalue weighted by Crippen LogP contribution is 2.26. The van der Waals surface area contributed by atoms with E-state index in [0.717, 1.165) is 0 Å². The SMILES string of the molecule is CCOc1cc(/C=N\NC(=O)COc2ccc(Cl)cc2)ccc1O. The van der Waals surface area contributed by atoms with Gasteiger partial charge in [0.1, 0.15) is 5.75 Å². The van der Waals surface area contributed by atoms with E-state index in [1.54, 1.807) is 36.4 Å². The van der Waals surface area contributed by atoms with Crippen molar-refractivity contribution in [2.75, 3.05) is 13.2 Å². The van der Waals surface area contributed by atoms with Crippen LogP contribution in [0, 0.1) is 0 Å². The second-order valence-electron chi connectivity index (χ2n) is 4.70. The molecule has 0 aliphatic heterocycles. The van der Waals surface area contributed by atoms with Gasteiger partial charge in [-0.25, -0.2) is 5.43 Å². The maximum atomic E-state index is 11.7. The van der Waals surface area contributed by atoms with Crippen LogP contribution < -0.4 is 14.9 Å². The number of rotatable bonds is 7. The first-order valence-corrected chi connectivity index (χ1v) is 7.62. The molecule has 2 rings (SSSR count). The van der Waals surface area contributed by atoms with Crippen molar-refractivity contribution in [3.8, 4) is 17.2 Å². The maximum absolute atomic E-state index is 11.7. The number of nitrogens with zero attached hydrogens (tertiary/aromatic N) is 1. The van der Waals surface area contributed by atoms with Gasteiger partial charge in [0.05, 0.1) is 12.8 Å². The Morgan fingerprint density at radius 3 is 2.71 bits per heavy atom. The van der Waals surface area contributed by atoms with Crippen LogP contribution in [0.4, 0.5) is 0 Å². The normalized spacial score (nSPS) is 10.6. The predicted molar refractivity (Wildman–Crippen MR) is 92.0 cm³/mol. The summed E-state index contributed by atoms with van der Waals surface area (Å²) in [6.07, 6.45) is 1.45. The fraction of sp³-hybridized carbons (Fsp3) is 0.176. The van der Waals surface area contributed by atoms with Gasteiger partial charge in [0, 0.05) is 5.02 Å². The molecule has 0 spiro atoms. The number of aromatic hydroxyl groups is 1. The molecule has 2 aromatic rings. The summed E-state index contributed by atoms with van der Waals surface area (Å²) >= 11 is 5.76. The molecular weight excluding hydrogens is 332 g/mol. The van der Waals surface area contributed by atoms with E-state index in [-0.39, 0.29) is 12.4 Å². The summed E-state index contributed by atoms with van der Waals surface area (Å²) < 4.78 is 10.6. The number of phenolic OH excluding ortho intramolecular Hbond substituents is 1. The Bertz CT molecular complexity index is 717. The third-order valence-corrected chi connectivity index (χ3v) is 3.12. The van der Waals surface area contributed by atoms with E-state index in [1.807, 2.05) is 6.92 Å². The molecule has 0 saturated heterocycles. The number of amides is 1. The third-order valence-electron chi connectivity index (χ3n) is 2.87. The number of hydrogen-bond acceptors (Lipinski definition) is 5. The minimum Gasteiger partial charge on any atom is -0.504 e. The molecule has 0 heterocycles. The minimum absolute atomic E-state index is 0.0504. The van der Waals surface area contributed by atoms with E-state index >= 15 is 0 Å². The second kappa shape index (κ2) is 8.79. The molecular formula is C17H17ClN2O4. The van der Waals surface area contributed by atoms with Crippen molar-refractivity contribution in [3.05, 3.63) is 53.1 Å². The van der Waals surface area contributed by atoms with Crippen molar-refractivity contribution < 1.29 is 19.4 Å². The smallest absolute Gasteiger partial charge is 0.277 e. The summed E-state index contributed by atoms with van der Waals surface area (Å²) in [6.45, 7) is 2.09. The number of benzene rings is 2. The quantitative estimate of drug-likeness (QED) is 0.595. The highest BCUT2D eigenvalue weighted by molar-refractivity contribution is 6.30. The molecule has 6 nitrogen and oxygen atoms in total. The van der Waals surface area contributed by atoms with Crippen LogP contribution in [0.2, 0.25) is 5.02 Å². The lowest BCUT2D eigenvalue weighted by Gasteiger charge is -2.06. The molecule has 1 amide bonds. The van der Waals surface area contributed by atoms with Crippen LogP contribution in [0.5, 0.6) is 17.2 Å². The topological polar surface area (TPSA) is 80.2 Å². The van der Waals surface area contributed by atoms with Crippen LogP contribution >= 0.6 is 11.6 Å². The van der Waals surface area contributed by atoms with Gasteiger partial charge >= 0.3 is 0 Å². The van der Waals surface area contributed by atoms with Crippen LogP contribution in [0.1, 0.15) is 12.5 Å². The predicted octanol–water partition coefficient (Wildman–Crippen LogP) is 2.97. The molecule has 0 aliphatic carbocycles. The van der Waals surface area contributed by atoms with E-state index < -0.39 is 5.91 Å². The van der Waals surface area contributed by atoms with E-state index in [2.05, 4.69) is 10.5 Å². The highest BCUT2D eigenvalue weighted by atomic mass is 35.5. The third kappa shape index (κ3) is 5.48. The first kappa shape index (κ1) is 17.6. The Hall–Kier alpha value is -2.73. The lowest BCUT2D eigenvalue weighted by atomic mass is 10.2. The standard InChI is InChI=1S/C17H17ClN2O4/c1-2-23-16-9-12(3-8-15(16)21)10-19-20-17(22)11-24-14-6-4-13(18)5-7-14/h3-10,21H,2,11H2,1H3,(H,20,22)/b19-10-. The Morgan fingerprint density at radius 2 is 2.00 bits per heavy atom. The number of hydrazone groups is 1. The van der Waals surface area contributed by atoms with Crippen LogP contribution in [0.15, 0.2) is 47.6 Å². The first-order valence-electron chi connectivity index (χ1n) is 7.24. The number of halogens is 1. The van der Waals surface area contributed by atoms with Gasteiger partial charge in [0.25, 0.3) is 5.91 Å². The zero-order valence-electron chi connectivity index (χ0n) is 13.0. The lowest BCUT2D eigenvalue weighted by Crippen LogP contribution is -2.24. The van der Waals surface area contributed by atoms with Gasteiger partial charge in [0.2, 0.25) is 0 Å². The van der Waals surface area contributed by atoms with E-state index in [1.165, 1.54) is 12.3 Å². The van der Waals surface area contributed by atoms with Crippen LogP contribution in [0.25, 0.3) is 0 Å². The monoisotopic (exact) mass is 348 g/mol. The van der Waals surface area contributed by atoms with Crippen molar-refractivity contribution in [3.63, 3.8) is 0 Å². The summed E-state index contributed by atoms with van der Waals surface area (Å²) in [6, 6.07) is 11.5. The summed E-state index contributed by atoms with van der Waals surface area (Å²) in [5.74, 6) is 0.552. The van der Waals surface area contributed by atoms with Crippen molar-refractivity contribution in [2.45, 2.75) is 6.92 Å². The average molecular weight is 349 g/mol. The van der Waals surface area contributed by atoms with Gasteiger partial charge < -0.3 is 14.6 Å². The van der Waals surface area contributed by atoms with Crippen LogP contribution in [-0.4, -0.2) is 30.4 Å². The minimum atomic E-state index is -0.398. The van der Waals surface area contributed by atoms with E-state index in [4.69, 9.17) is 21.1 Å². The molecule has 0 bridgehead atoms. The van der Waals surface area contributed by atoms with Crippen molar-refractivity contribution >= 4 is 23.7 Å². The van der Waals surface area contributed by atoms with Crippen LogP contribution in [0.3, 0.4) is 0 Å². The fourth-order valence-corrected chi connectivity index (χ4v) is 1.90. The molecule has 0 saturated carbocycles. The Balaban J connectivity index is 1.83. The number of carbonyl (C=O) groups is 1. The van der Waals surface area contributed by atoms with Crippen molar-refractivity contribution in [1.29, 1.82) is 0 Å². The van der Waals surface area contributed by atoms with E-state index in [0.29, 0.717) is 28.7 Å². The number of carbonyl (C=O) groups excluding carboxylic acids is 1. The largest absolute Gasteiger partial charge is 0.504 e. The number of ether oxygens (including phenoxy) is 2. The van der Waals surface area contributed by atoms with Crippen molar-refractivity contribution in [2.24, 2.45) is 5.10 Å². The molecule has 2 aromatic carbocycles. The lowest BCUT2D eigenvalue weighted by molar-refractivity contribution is -0.123. The number of phenols is 1. The molecule has 0 radical (unpaired) electrons. The molecule has 126 valence electrons. The van der Waals surface area contributed by atoms with Gasteiger partial charge in [0.15, 0.2) is 18.1 Å². The zero-order valence-corrected chi connectivity index (χ0v) is 13.8. The molecule has 0 unspecified atom stereocenters. The van der Waals surface area contributed by atoms with Crippen molar-refractivity contribution in [1.82, 2.24) is 5.43 Å². The Kier molecular flexibility index (Phi) is 6.45. The second-order valence-corrected chi connectivity index (χ2v) is 5.13. The Morgan fingerprint density at radius 1 is 1.25 bits per heavy atom. The van der Waals surface area contributed by atoms with Gasteiger partial charge in [-0.1, -0.05) is 11.6 Å². The molecule has 0 aromatic heterocycles. The summed E-state index contributed by atoms with van der Waals surface area (Å²) in [4.78, 5) is 11.7. The number of hydrogen-bond donors (Lipinski definition) is 2. The van der Waals surface area contributed by atoms with Gasteiger partial charge in [-0.3, -0.25) is 4.79 Å². The fourth-order valence-electron chi connectivity index (χ4n) is 1.77. The molecule has 0 fully saturated rings. The molecule has 24 heavy (non-hydrogen) atoms. The number of nitrogens with one attached hydrogen (secondary N) is 1.